The number of hydrogen-bond acceptors (Lipinski definition) is 4. The minimum Gasteiger partial charge on any atom is -0.462 e. The summed E-state index contributed by atoms with van der Waals surface area (Å²) in [5.41, 5.74) is -1.92. The van der Waals surface area contributed by atoms with Crippen LogP contribution in [0, 0.1) is 11.3 Å². The summed E-state index contributed by atoms with van der Waals surface area (Å²) in [6.45, 7) is 1.64. The number of esters is 1. The highest BCUT2D eigenvalue weighted by molar-refractivity contribution is 7.80. The van der Waals surface area contributed by atoms with E-state index < -0.39 is 23.3 Å². The summed E-state index contributed by atoms with van der Waals surface area (Å²) in [4.78, 5) is 11.3. The Labute approximate surface area is 107 Å². The van der Waals surface area contributed by atoms with Gasteiger partial charge in [-0.1, -0.05) is 0 Å². The molecule has 0 spiro atoms. The molecule has 0 aliphatic carbocycles. The van der Waals surface area contributed by atoms with Crippen LogP contribution >= 0.6 is 12.6 Å². The number of halogens is 3. The van der Waals surface area contributed by atoms with Gasteiger partial charge in [-0.2, -0.15) is 18.4 Å². The number of benzene rings is 1. The van der Waals surface area contributed by atoms with Gasteiger partial charge in [-0.3, -0.25) is 0 Å². The molecule has 0 radical (unpaired) electrons. The first kappa shape index (κ1) is 14.4. The molecule has 0 atom stereocenters. The second kappa shape index (κ2) is 5.31. The van der Waals surface area contributed by atoms with Crippen LogP contribution in [0.15, 0.2) is 17.0 Å². The molecule has 3 nitrogen and oxygen atoms in total. The standard InChI is InChI=1S/C11H8F3NO2S/c1-2-17-10(16)7-3-6(5-15)8(4-9(7)18)11(12,13)14/h3-4,18H,2H2,1H3. The van der Waals surface area contributed by atoms with Crippen LogP contribution in [0.3, 0.4) is 0 Å². The number of thiol groups is 1. The van der Waals surface area contributed by atoms with E-state index >= 15 is 0 Å². The monoisotopic (exact) mass is 275 g/mol. The summed E-state index contributed by atoms with van der Waals surface area (Å²) in [6.07, 6.45) is -4.67. The van der Waals surface area contributed by atoms with Crippen molar-refractivity contribution in [3.63, 3.8) is 0 Å². The lowest BCUT2D eigenvalue weighted by atomic mass is 10.0. The molecule has 1 rings (SSSR count). The molecule has 0 unspecified atom stereocenters. The molecule has 1 aromatic rings. The second-order valence-corrected chi connectivity index (χ2v) is 3.73. The van der Waals surface area contributed by atoms with Gasteiger partial charge in [0.2, 0.25) is 0 Å². The lowest BCUT2D eigenvalue weighted by Crippen LogP contribution is -2.12. The molecule has 0 heterocycles. The van der Waals surface area contributed by atoms with Crippen LogP contribution in [-0.2, 0) is 10.9 Å². The van der Waals surface area contributed by atoms with Gasteiger partial charge >= 0.3 is 12.1 Å². The minimum atomic E-state index is -4.67. The molecular weight excluding hydrogens is 267 g/mol. The lowest BCUT2D eigenvalue weighted by molar-refractivity contribution is -0.137. The van der Waals surface area contributed by atoms with Crippen molar-refractivity contribution < 1.29 is 22.7 Å². The number of nitrogens with zero attached hydrogens (tertiary/aromatic N) is 1. The van der Waals surface area contributed by atoms with Gasteiger partial charge < -0.3 is 4.74 Å². The predicted octanol–water partition coefficient (Wildman–Crippen LogP) is 3.04. The number of hydrogen-bond donors (Lipinski definition) is 1. The molecule has 0 saturated carbocycles. The van der Waals surface area contributed by atoms with E-state index in [2.05, 4.69) is 17.4 Å². The van der Waals surface area contributed by atoms with Gasteiger partial charge in [0.15, 0.2) is 0 Å². The Morgan fingerprint density at radius 2 is 2.11 bits per heavy atom. The Hall–Kier alpha value is -1.68. The van der Waals surface area contributed by atoms with Gasteiger partial charge in [0.25, 0.3) is 0 Å². The van der Waals surface area contributed by atoms with E-state index in [1.165, 1.54) is 6.07 Å². The molecular formula is C11H8F3NO2S. The van der Waals surface area contributed by atoms with E-state index in [0.717, 1.165) is 6.07 Å². The van der Waals surface area contributed by atoms with Crippen LogP contribution in [-0.4, -0.2) is 12.6 Å². The van der Waals surface area contributed by atoms with E-state index in [1.54, 1.807) is 6.92 Å². The zero-order valence-electron chi connectivity index (χ0n) is 9.21. The van der Waals surface area contributed by atoms with E-state index in [-0.39, 0.29) is 17.1 Å². The van der Waals surface area contributed by atoms with E-state index in [1.807, 2.05) is 0 Å². The van der Waals surface area contributed by atoms with Crippen molar-refractivity contribution in [3.8, 4) is 6.07 Å². The first-order valence-electron chi connectivity index (χ1n) is 4.82. The Bertz CT molecular complexity index is 520. The van der Waals surface area contributed by atoms with Crippen molar-refractivity contribution in [2.45, 2.75) is 18.0 Å². The minimum absolute atomic E-state index is 0.0783. The number of nitriles is 1. The van der Waals surface area contributed by atoms with Crippen LogP contribution in [0.4, 0.5) is 13.2 Å². The Balaban J connectivity index is 3.37. The first-order valence-corrected chi connectivity index (χ1v) is 5.27. The van der Waals surface area contributed by atoms with E-state index in [0.29, 0.717) is 6.07 Å². The maximum atomic E-state index is 12.6. The Morgan fingerprint density at radius 1 is 1.50 bits per heavy atom. The number of carbonyl (C=O) groups is 1. The Kier molecular flexibility index (Phi) is 4.24. The molecule has 0 bridgehead atoms. The average molecular weight is 275 g/mol. The topological polar surface area (TPSA) is 50.1 Å². The summed E-state index contributed by atoms with van der Waals surface area (Å²) in [5, 5.41) is 8.68. The van der Waals surface area contributed by atoms with Gasteiger partial charge in [0.05, 0.1) is 29.4 Å². The second-order valence-electron chi connectivity index (χ2n) is 3.24. The largest absolute Gasteiger partial charge is 0.462 e. The van der Waals surface area contributed by atoms with Gasteiger partial charge in [-0.05, 0) is 19.1 Å². The molecule has 0 aromatic heterocycles. The van der Waals surface area contributed by atoms with Gasteiger partial charge in [0.1, 0.15) is 0 Å². The molecule has 1 aromatic carbocycles. The molecule has 7 heteroatoms. The summed E-state index contributed by atoms with van der Waals surface area (Å²) >= 11 is 3.81. The zero-order chi connectivity index (χ0) is 13.9. The molecule has 0 N–H and O–H groups in total. The van der Waals surface area contributed by atoms with Crippen molar-refractivity contribution in [3.05, 3.63) is 28.8 Å². The molecule has 0 fully saturated rings. The van der Waals surface area contributed by atoms with Gasteiger partial charge in [0, 0.05) is 4.90 Å². The van der Waals surface area contributed by atoms with Crippen molar-refractivity contribution >= 4 is 18.6 Å². The average Bonchev–Trinajstić information content (AvgIpc) is 2.27. The third kappa shape index (κ3) is 2.96. The quantitative estimate of drug-likeness (QED) is 0.666. The number of ether oxygens (including phenoxy) is 1. The fourth-order valence-corrected chi connectivity index (χ4v) is 1.57. The number of carbonyl (C=O) groups excluding carboxylic acids is 1. The lowest BCUT2D eigenvalue weighted by Gasteiger charge is -2.12. The summed E-state index contributed by atoms with van der Waals surface area (Å²) in [5.74, 6) is -0.812. The molecule has 18 heavy (non-hydrogen) atoms. The third-order valence-electron chi connectivity index (χ3n) is 2.06. The SMILES string of the molecule is CCOC(=O)c1cc(C#N)c(C(F)(F)F)cc1S. The highest BCUT2D eigenvalue weighted by Crippen LogP contribution is 2.34. The van der Waals surface area contributed by atoms with Crippen molar-refractivity contribution in [1.29, 1.82) is 5.26 Å². The van der Waals surface area contributed by atoms with Gasteiger partial charge in [-0.25, -0.2) is 4.79 Å². The third-order valence-corrected chi connectivity index (χ3v) is 2.43. The molecule has 0 aliphatic rings. The van der Waals surface area contributed by atoms with E-state index in [9.17, 15) is 18.0 Å². The highest BCUT2D eigenvalue weighted by Gasteiger charge is 2.34. The fraction of sp³-hybridized carbons (Fsp3) is 0.273. The highest BCUT2D eigenvalue weighted by atomic mass is 32.1. The Morgan fingerprint density at radius 3 is 2.56 bits per heavy atom. The summed E-state index contributed by atoms with van der Waals surface area (Å²) in [6, 6.07) is 2.89. The number of alkyl halides is 3. The molecule has 0 saturated heterocycles. The zero-order valence-corrected chi connectivity index (χ0v) is 10.1. The maximum absolute atomic E-state index is 12.6. The first-order chi connectivity index (χ1) is 8.31. The van der Waals surface area contributed by atoms with Crippen molar-refractivity contribution in [2.24, 2.45) is 0 Å². The summed E-state index contributed by atoms with van der Waals surface area (Å²) in [7, 11) is 0. The normalized spacial score (nSPS) is 10.9. The van der Waals surface area contributed by atoms with Crippen molar-refractivity contribution in [1.82, 2.24) is 0 Å². The molecule has 0 amide bonds. The van der Waals surface area contributed by atoms with Gasteiger partial charge in [-0.15, -0.1) is 12.6 Å². The molecule has 96 valence electrons. The van der Waals surface area contributed by atoms with Crippen LogP contribution in [0.5, 0.6) is 0 Å². The predicted molar refractivity (Wildman–Crippen MR) is 59.4 cm³/mol. The maximum Gasteiger partial charge on any atom is 0.417 e. The van der Waals surface area contributed by atoms with Crippen LogP contribution < -0.4 is 0 Å². The fourth-order valence-electron chi connectivity index (χ4n) is 1.29. The summed E-state index contributed by atoms with van der Waals surface area (Å²) < 4.78 is 42.4. The van der Waals surface area contributed by atoms with Crippen LogP contribution in [0.25, 0.3) is 0 Å². The number of rotatable bonds is 2. The van der Waals surface area contributed by atoms with Crippen LogP contribution in [0.2, 0.25) is 0 Å². The van der Waals surface area contributed by atoms with Crippen LogP contribution in [0.1, 0.15) is 28.4 Å². The molecule has 0 aliphatic heterocycles. The van der Waals surface area contributed by atoms with E-state index in [4.69, 9.17) is 5.26 Å². The van der Waals surface area contributed by atoms with Crippen molar-refractivity contribution in [2.75, 3.05) is 6.61 Å². The smallest absolute Gasteiger partial charge is 0.417 e.